The van der Waals surface area contributed by atoms with E-state index in [0.717, 1.165) is 4.47 Å². The molecule has 3 N–H and O–H groups in total. The number of carbonyl (C=O) groups is 1. The highest BCUT2D eigenvalue weighted by Crippen LogP contribution is 2.29. The van der Waals surface area contributed by atoms with Crippen LogP contribution in [0.3, 0.4) is 0 Å². The van der Waals surface area contributed by atoms with E-state index in [4.69, 9.17) is 5.73 Å². The topological polar surface area (TPSA) is 55.1 Å². The Bertz CT molecular complexity index is 440. The van der Waals surface area contributed by atoms with Gasteiger partial charge >= 0.3 is 5.51 Å². The van der Waals surface area contributed by atoms with Crippen LogP contribution in [0.2, 0.25) is 0 Å². The number of carbonyl (C=O) groups excluding carboxylic acids is 1. The number of anilines is 1. The van der Waals surface area contributed by atoms with Crippen LogP contribution in [-0.2, 0) is 0 Å². The van der Waals surface area contributed by atoms with Crippen molar-refractivity contribution in [3.8, 4) is 0 Å². The molecule has 3 nitrogen and oxygen atoms in total. The standard InChI is InChI=1S/C10H10BrF3N2OS/c11-6-1-2-7(8(15)5-6)9(17)16-3-4-18-10(12,13)14/h1-2,5H,3-4,15H2,(H,16,17). The molecule has 1 aromatic carbocycles. The van der Waals surface area contributed by atoms with Gasteiger partial charge in [-0.05, 0) is 30.0 Å². The van der Waals surface area contributed by atoms with Crippen LogP contribution < -0.4 is 11.1 Å². The summed E-state index contributed by atoms with van der Waals surface area (Å²) in [5, 5.41) is 2.38. The number of thioether (sulfide) groups is 1. The van der Waals surface area contributed by atoms with E-state index in [9.17, 15) is 18.0 Å². The molecule has 0 aromatic heterocycles. The Morgan fingerprint density at radius 1 is 1.44 bits per heavy atom. The van der Waals surface area contributed by atoms with Crippen LogP contribution in [0.15, 0.2) is 22.7 Å². The van der Waals surface area contributed by atoms with Crippen molar-refractivity contribution in [3.05, 3.63) is 28.2 Å². The summed E-state index contributed by atoms with van der Waals surface area (Å²) in [5.74, 6) is -0.714. The van der Waals surface area contributed by atoms with Gasteiger partial charge in [-0.3, -0.25) is 4.79 Å². The lowest BCUT2D eigenvalue weighted by Crippen LogP contribution is -2.27. The predicted molar refractivity (Wildman–Crippen MR) is 69.4 cm³/mol. The van der Waals surface area contributed by atoms with E-state index in [1.54, 1.807) is 12.1 Å². The maximum atomic E-state index is 11.8. The number of rotatable bonds is 4. The first-order chi connectivity index (χ1) is 8.29. The third-order valence-electron chi connectivity index (χ3n) is 1.91. The van der Waals surface area contributed by atoms with Crippen LogP contribution in [0, 0.1) is 0 Å². The van der Waals surface area contributed by atoms with E-state index < -0.39 is 11.4 Å². The molecule has 0 aliphatic carbocycles. The fourth-order valence-electron chi connectivity index (χ4n) is 1.17. The second-order valence-corrected chi connectivity index (χ2v) is 5.36. The molecule has 100 valence electrons. The number of benzene rings is 1. The molecule has 8 heteroatoms. The zero-order valence-corrected chi connectivity index (χ0v) is 11.5. The van der Waals surface area contributed by atoms with Gasteiger partial charge in [0.25, 0.3) is 5.91 Å². The molecule has 0 saturated heterocycles. The highest BCUT2D eigenvalue weighted by Gasteiger charge is 2.27. The third-order valence-corrected chi connectivity index (χ3v) is 3.14. The maximum Gasteiger partial charge on any atom is 0.441 e. The number of nitrogens with two attached hydrogens (primary N) is 1. The minimum Gasteiger partial charge on any atom is -0.398 e. The van der Waals surface area contributed by atoms with Gasteiger partial charge in [0, 0.05) is 22.5 Å². The average molecular weight is 343 g/mol. The molecule has 0 aliphatic rings. The molecular formula is C10H10BrF3N2OS. The second kappa shape index (κ2) is 6.33. The van der Waals surface area contributed by atoms with Crippen molar-refractivity contribution in [3.63, 3.8) is 0 Å². The highest BCUT2D eigenvalue weighted by molar-refractivity contribution is 9.10. The molecule has 0 unspecified atom stereocenters. The van der Waals surface area contributed by atoms with Crippen molar-refractivity contribution in [1.29, 1.82) is 0 Å². The van der Waals surface area contributed by atoms with Gasteiger partial charge in [0.15, 0.2) is 0 Å². The summed E-state index contributed by atoms with van der Waals surface area (Å²) < 4.78 is 36.2. The van der Waals surface area contributed by atoms with Crippen molar-refractivity contribution in [1.82, 2.24) is 5.32 Å². The molecule has 1 amide bonds. The fourth-order valence-corrected chi connectivity index (χ4v) is 1.98. The largest absolute Gasteiger partial charge is 0.441 e. The lowest BCUT2D eigenvalue weighted by Gasteiger charge is -2.08. The van der Waals surface area contributed by atoms with E-state index in [1.165, 1.54) is 6.07 Å². The highest BCUT2D eigenvalue weighted by atomic mass is 79.9. The molecule has 0 bridgehead atoms. The molecular weight excluding hydrogens is 333 g/mol. The van der Waals surface area contributed by atoms with Gasteiger partial charge in [0.05, 0.1) is 5.56 Å². The van der Waals surface area contributed by atoms with E-state index in [1.807, 2.05) is 0 Å². The van der Waals surface area contributed by atoms with Crippen LogP contribution in [0.4, 0.5) is 18.9 Å². The zero-order chi connectivity index (χ0) is 13.8. The van der Waals surface area contributed by atoms with E-state index in [-0.39, 0.29) is 35.3 Å². The van der Waals surface area contributed by atoms with Gasteiger partial charge in [0.2, 0.25) is 0 Å². The monoisotopic (exact) mass is 342 g/mol. The molecule has 0 saturated carbocycles. The number of amides is 1. The van der Waals surface area contributed by atoms with Crippen LogP contribution in [0.25, 0.3) is 0 Å². The second-order valence-electron chi connectivity index (χ2n) is 3.28. The van der Waals surface area contributed by atoms with Gasteiger partial charge in [-0.2, -0.15) is 13.2 Å². The number of hydrogen-bond donors (Lipinski definition) is 2. The van der Waals surface area contributed by atoms with Crippen molar-refractivity contribution in [2.75, 3.05) is 18.0 Å². The number of hydrogen-bond acceptors (Lipinski definition) is 3. The lowest BCUT2D eigenvalue weighted by atomic mass is 10.2. The smallest absolute Gasteiger partial charge is 0.398 e. The normalized spacial score (nSPS) is 11.3. The molecule has 0 heterocycles. The maximum absolute atomic E-state index is 11.8. The summed E-state index contributed by atoms with van der Waals surface area (Å²) in [5.41, 5.74) is 1.86. The quantitative estimate of drug-likeness (QED) is 0.653. The van der Waals surface area contributed by atoms with Crippen LogP contribution in [-0.4, -0.2) is 23.7 Å². The molecule has 18 heavy (non-hydrogen) atoms. The molecule has 0 spiro atoms. The Morgan fingerprint density at radius 2 is 2.11 bits per heavy atom. The molecule has 0 fully saturated rings. The first kappa shape index (κ1) is 15.2. The third kappa shape index (κ3) is 5.18. The van der Waals surface area contributed by atoms with Gasteiger partial charge in [-0.25, -0.2) is 0 Å². The van der Waals surface area contributed by atoms with Crippen molar-refractivity contribution < 1.29 is 18.0 Å². The van der Waals surface area contributed by atoms with Crippen molar-refractivity contribution >= 4 is 39.3 Å². The summed E-state index contributed by atoms with van der Waals surface area (Å²) in [7, 11) is 0. The Labute approximate surface area is 114 Å². The Hall–Kier alpha value is -0.890. The predicted octanol–water partition coefficient (Wildman–Crippen LogP) is 3.01. The summed E-state index contributed by atoms with van der Waals surface area (Å²) in [6.45, 7) is -0.0709. The molecule has 1 aromatic rings. The number of nitrogens with one attached hydrogen (secondary N) is 1. The molecule has 0 atom stereocenters. The fraction of sp³-hybridized carbons (Fsp3) is 0.300. The van der Waals surface area contributed by atoms with Gasteiger partial charge in [0.1, 0.15) is 0 Å². The summed E-state index contributed by atoms with van der Waals surface area (Å²) in [4.78, 5) is 11.6. The van der Waals surface area contributed by atoms with Crippen LogP contribution in [0.5, 0.6) is 0 Å². The van der Waals surface area contributed by atoms with Gasteiger partial charge in [-0.1, -0.05) is 15.9 Å². The molecule has 0 aliphatic heterocycles. The zero-order valence-electron chi connectivity index (χ0n) is 9.05. The van der Waals surface area contributed by atoms with E-state index >= 15 is 0 Å². The number of nitrogen functional groups attached to an aromatic ring is 1. The summed E-state index contributed by atoms with van der Waals surface area (Å²) in [6.07, 6.45) is 0. The SMILES string of the molecule is Nc1cc(Br)ccc1C(=O)NCCSC(F)(F)F. The molecule has 1 rings (SSSR count). The van der Waals surface area contributed by atoms with Crippen LogP contribution in [0.1, 0.15) is 10.4 Å². The number of alkyl halides is 3. The van der Waals surface area contributed by atoms with Gasteiger partial charge in [-0.15, -0.1) is 0 Å². The first-order valence-corrected chi connectivity index (χ1v) is 6.61. The average Bonchev–Trinajstić information content (AvgIpc) is 2.22. The van der Waals surface area contributed by atoms with Crippen LogP contribution >= 0.6 is 27.7 Å². The van der Waals surface area contributed by atoms with Crippen molar-refractivity contribution in [2.24, 2.45) is 0 Å². The Morgan fingerprint density at radius 3 is 2.67 bits per heavy atom. The lowest BCUT2D eigenvalue weighted by molar-refractivity contribution is -0.0327. The minimum atomic E-state index is -4.28. The first-order valence-electron chi connectivity index (χ1n) is 4.83. The minimum absolute atomic E-state index is 0.0709. The summed E-state index contributed by atoms with van der Waals surface area (Å²) in [6, 6.07) is 4.70. The Balaban J connectivity index is 2.46. The van der Waals surface area contributed by atoms with Gasteiger partial charge < -0.3 is 11.1 Å². The van der Waals surface area contributed by atoms with E-state index in [2.05, 4.69) is 21.2 Å². The van der Waals surface area contributed by atoms with Crippen molar-refractivity contribution in [2.45, 2.75) is 5.51 Å². The van der Waals surface area contributed by atoms with E-state index in [0.29, 0.717) is 0 Å². The Kier molecular flexibility index (Phi) is 5.33. The molecule has 0 radical (unpaired) electrons. The summed E-state index contributed by atoms with van der Waals surface area (Å²) >= 11 is 3.01. The number of halogens is 4.